The average molecular weight is 298 g/mol. The van der Waals surface area contributed by atoms with E-state index in [0.29, 0.717) is 23.7 Å². The molecule has 3 aliphatic rings. The van der Waals surface area contributed by atoms with Crippen LogP contribution in [0.25, 0.3) is 0 Å². The number of halogens is 3. The molecule has 2 bridgehead atoms. The van der Waals surface area contributed by atoms with Crippen LogP contribution in [0, 0.1) is 29.6 Å². The summed E-state index contributed by atoms with van der Waals surface area (Å²) < 4.78 is 41.5. The second kappa shape index (κ2) is 4.38. The number of rotatable bonds is 3. The van der Waals surface area contributed by atoms with E-state index < -0.39 is 12.5 Å². The van der Waals surface area contributed by atoms with Crippen molar-refractivity contribution in [2.75, 3.05) is 0 Å². The first kappa shape index (κ1) is 13.4. The van der Waals surface area contributed by atoms with Crippen molar-refractivity contribution in [1.82, 2.24) is 0 Å². The Morgan fingerprint density at radius 2 is 1.71 bits per heavy atom. The Morgan fingerprint density at radius 3 is 2.33 bits per heavy atom. The summed E-state index contributed by atoms with van der Waals surface area (Å²) in [5.74, 6) is 2.23. The van der Waals surface area contributed by atoms with Gasteiger partial charge in [-0.3, -0.25) is 0 Å². The van der Waals surface area contributed by atoms with Gasteiger partial charge in [-0.1, -0.05) is 18.2 Å². The third-order valence-electron chi connectivity index (χ3n) is 5.62. The standard InChI is InChI=1S/C16H17F3O2/c17-16(18,19)21-11-4-2-1-3-10(11)15(20)14-12-8-5-6-9(7-8)13(12)14/h1-4,8-9,12-15,20H,5-7H2. The molecule has 5 atom stereocenters. The zero-order valence-electron chi connectivity index (χ0n) is 11.4. The Kier molecular flexibility index (Phi) is 2.80. The second-order valence-corrected chi connectivity index (χ2v) is 6.60. The van der Waals surface area contributed by atoms with Crippen molar-refractivity contribution in [1.29, 1.82) is 0 Å². The van der Waals surface area contributed by atoms with Crippen LogP contribution in [0.3, 0.4) is 0 Å². The summed E-state index contributed by atoms with van der Waals surface area (Å²) in [7, 11) is 0. The molecule has 3 fully saturated rings. The molecule has 1 N–H and O–H groups in total. The van der Waals surface area contributed by atoms with E-state index in [9.17, 15) is 18.3 Å². The maximum atomic E-state index is 12.5. The molecule has 0 saturated heterocycles. The van der Waals surface area contributed by atoms with Crippen molar-refractivity contribution >= 4 is 0 Å². The lowest BCUT2D eigenvalue weighted by Gasteiger charge is -2.19. The van der Waals surface area contributed by atoms with Gasteiger partial charge < -0.3 is 9.84 Å². The van der Waals surface area contributed by atoms with E-state index in [1.807, 2.05) is 0 Å². The second-order valence-electron chi connectivity index (χ2n) is 6.60. The van der Waals surface area contributed by atoms with Crippen LogP contribution in [0.1, 0.15) is 30.9 Å². The summed E-state index contributed by atoms with van der Waals surface area (Å²) in [4.78, 5) is 0. The van der Waals surface area contributed by atoms with Crippen LogP contribution in [-0.2, 0) is 0 Å². The maximum Gasteiger partial charge on any atom is 0.573 e. The van der Waals surface area contributed by atoms with Crippen molar-refractivity contribution in [2.45, 2.75) is 31.7 Å². The molecular weight excluding hydrogens is 281 g/mol. The van der Waals surface area contributed by atoms with Crippen molar-refractivity contribution in [3.8, 4) is 5.75 Å². The molecule has 4 rings (SSSR count). The van der Waals surface area contributed by atoms with Gasteiger partial charge in [0.05, 0.1) is 6.10 Å². The third kappa shape index (κ3) is 2.13. The third-order valence-corrected chi connectivity index (χ3v) is 5.62. The summed E-state index contributed by atoms with van der Waals surface area (Å²) in [6, 6.07) is 5.96. The van der Waals surface area contributed by atoms with Gasteiger partial charge in [0.15, 0.2) is 0 Å². The minimum Gasteiger partial charge on any atom is -0.405 e. The molecule has 0 aliphatic heterocycles. The van der Waals surface area contributed by atoms with E-state index in [4.69, 9.17) is 0 Å². The molecule has 0 spiro atoms. The number of fused-ring (bicyclic) bond motifs is 5. The summed E-state index contributed by atoms with van der Waals surface area (Å²) in [5.41, 5.74) is 0.272. The van der Waals surface area contributed by atoms with Crippen LogP contribution in [0.2, 0.25) is 0 Å². The number of hydrogen-bond acceptors (Lipinski definition) is 2. The number of hydrogen-bond donors (Lipinski definition) is 1. The zero-order valence-corrected chi connectivity index (χ0v) is 11.4. The molecule has 0 aromatic heterocycles. The minimum absolute atomic E-state index is 0.120. The topological polar surface area (TPSA) is 29.5 Å². The lowest BCUT2D eigenvalue weighted by atomic mass is 9.94. The highest BCUT2D eigenvalue weighted by molar-refractivity contribution is 5.37. The van der Waals surface area contributed by atoms with Crippen LogP contribution >= 0.6 is 0 Å². The maximum absolute atomic E-state index is 12.5. The van der Waals surface area contributed by atoms with Gasteiger partial charge in [0, 0.05) is 5.56 Å². The fourth-order valence-corrected chi connectivity index (χ4v) is 4.96. The SMILES string of the molecule is OC(c1ccccc1OC(F)(F)F)C1C2C3CCC(C3)C21. The Balaban J connectivity index is 1.57. The monoisotopic (exact) mass is 298 g/mol. The molecule has 5 heteroatoms. The van der Waals surface area contributed by atoms with Crippen molar-refractivity contribution in [2.24, 2.45) is 29.6 Å². The van der Waals surface area contributed by atoms with E-state index in [2.05, 4.69) is 4.74 Å². The van der Waals surface area contributed by atoms with Crippen LogP contribution < -0.4 is 4.74 Å². The normalized spacial score (nSPS) is 38.2. The van der Waals surface area contributed by atoms with E-state index in [1.165, 1.54) is 31.4 Å². The molecule has 0 amide bonds. The highest BCUT2D eigenvalue weighted by atomic mass is 19.4. The predicted octanol–water partition coefficient (Wildman–Crippen LogP) is 3.91. The Bertz CT molecular complexity index is 541. The first-order chi connectivity index (χ1) is 9.96. The summed E-state index contributed by atoms with van der Waals surface area (Å²) in [6.07, 6.45) is -1.89. The quantitative estimate of drug-likeness (QED) is 0.916. The number of para-hydroxylation sites is 1. The van der Waals surface area contributed by atoms with Gasteiger partial charge in [0.25, 0.3) is 0 Å². The smallest absolute Gasteiger partial charge is 0.405 e. The van der Waals surface area contributed by atoms with Gasteiger partial charge in [0.2, 0.25) is 0 Å². The molecule has 5 unspecified atom stereocenters. The molecule has 21 heavy (non-hydrogen) atoms. The van der Waals surface area contributed by atoms with Gasteiger partial charge in [-0.05, 0) is 54.9 Å². The summed E-state index contributed by atoms with van der Waals surface area (Å²) in [6.45, 7) is 0. The predicted molar refractivity (Wildman–Crippen MR) is 69.4 cm³/mol. The van der Waals surface area contributed by atoms with Crippen molar-refractivity contribution in [3.63, 3.8) is 0 Å². The van der Waals surface area contributed by atoms with Gasteiger partial charge in [-0.25, -0.2) is 0 Å². The fourth-order valence-electron chi connectivity index (χ4n) is 4.96. The molecule has 3 saturated carbocycles. The molecule has 1 aromatic carbocycles. The Labute approximate surface area is 120 Å². The van der Waals surface area contributed by atoms with Crippen LogP contribution in [0.5, 0.6) is 5.75 Å². The number of ether oxygens (including phenoxy) is 1. The minimum atomic E-state index is -4.73. The molecule has 114 valence electrons. The summed E-state index contributed by atoms with van der Waals surface area (Å²) >= 11 is 0. The highest BCUT2D eigenvalue weighted by Gasteiger charge is 2.67. The van der Waals surface area contributed by atoms with E-state index >= 15 is 0 Å². The van der Waals surface area contributed by atoms with E-state index in [-0.39, 0.29) is 17.2 Å². The molecule has 3 aliphatic carbocycles. The van der Waals surface area contributed by atoms with Crippen LogP contribution in [0.15, 0.2) is 24.3 Å². The molecular formula is C16H17F3O2. The van der Waals surface area contributed by atoms with Gasteiger partial charge in [-0.2, -0.15) is 0 Å². The van der Waals surface area contributed by atoms with Gasteiger partial charge in [-0.15, -0.1) is 13.2 Å². The Morgan fingerprint density at radius 1 is 1.10 bits per heavy atom. The Hall–Kier alpha value is -1.23. The number of aliphatic hydroxyl groups excluding tert-OH is 1. The zero-order chi connectivity index (χ0) is 14.8. The number of benzene rings is 1. The molecule has 2 nitrogen and oxygen atoms in total. The van der Waals surface area contributed by atoms with Crippen molar-refractivity contribution in [3.05, 3.63) is 29.8 Å². The molecule has 0 heterocycles. The molecule has 1 aromatic rings. The number of alkyl halides is 3. The first-order valence-corrected chi connectivity index (χ1v) is 7.48. The lowest BCUT2D eigenvalue weighted by Crippen LogP contribution is -2.19. The largest absolute Gasteiger partial charge is 0.573 e. The highest BCUT2D eigenvalue weighted by Crippen LogP contribution is 2.72. The average Bonchev–Trinajstić information content (AvgIpc) is 2.85. The van der Waals surface area contributed by atoms with Gasteiger partial charge in [0.1, 0.15) is 5.75 Å². The van der Waals surface area contributed by atoms with Crippen LogP contribution in [0.4, 0.5) is 13.2 Å². The number of aliphatic hydroxyl groups is 1. The van der Waals surface area contributed by atoms with Crippen LogP contribution in [-0.4, -0.2) is 11.5 Å². The lowest BCUT2D eigenvalue weighted by molar-refractivity contribution is -0.275. The van der Waals surface area contributed by atoms with Crippen molar-refractivity contribution < 1.29 is 23.0 Å². The molecule has 0 radical (unpaired) electrons. The fraction of sp³-hybridized carbons (Fsp3) is 0.625. The van der Waals surface area contributed by atoms with E-state index in [0.717, 1.165) is 0 Å². The summed E-state index contributed by atoms with van der Waals surface area (Å²) in [5, 5.41) is 10.6. The van der Waals surface area contributed by atoms with E-state index in [1.54, 1.807) is 12.1 Å². The van der Waals surface area contributed by atoms with Gasteiger partial charge >= 0.3 is 6.36 Å². The first-order valence-electron chi connectivity index (χ1n) is 7.48.